The first-order chi connectivity index (χ1) is 16.2. The highest BCUT2D eigenvalue weighted by Crippen LogP contribution is 2.30. The maximum Gasteiger partial charge on any atom is 0.259 e. The molecule has 33 heavy (non-hydrogen) atoms. The summed E-state index contributed by atoms with van der Waals surface area (Å²) in [6.07, 6.45) is 0.470. The number of oxime groups is 1. The van der Waals surface area contributed by atoms with E-state index in [4.69, 9.17) is 9.57 Å². The van der Waals surface area contributed by atoms with Gasteiger partial charge in [0, 0.05) is 24.2 Å². The second kappa shape index (κ2) is 9.32. The van der Waals surface area contributed by atoms with E-state index in [0.29, 0.717) is 31.7 Å². The first-order valence-electron chi connectivity index (χ1n) is 11.1. The minimum absolute atomic E-state index is 0.0847. The van der Waals surface area contributed by atoms with Gasteiger partial charge in [0.05, 0.1) is 30.1 Å². The zero-order chi connectivity index (χ0) is 22.6. The highest BCUT2D eigenvalue weighted by molar-refractivity contribution is 6.12. The minimum atomic E-state index is -0.159. The molecular formula is C28H24N2O3. The van der Waals surface area contributed by atoms with Crippen LogP contribution >= 0.6 is 0 Å². The summed E-state index contributed by atoms with van der Waals surface area (Å²) in [5.74, 6) is 6.29. The summed E-state index contributed by atoms with van der Waals surface area (Å²) < 4.78 is 5.47. The highest BCUT2D eigenvalue weighted by atomic mass is 16.6. The van der Waals surface area contributed by atoms with Gasteiger partial charge in [-0.3, -0.25) is 4.79 Å². The molecule has 2 aliphatic rings. The molecule has 0 radical (unpaired) electrons. The van der Waals surface area contributed by atoms with E-state index in [1.54, 1.807) is 4.90 Å². The van der Waals surface area contributed by atoms with Gasteiger partial charge in [0.15, 0.2) is 6.10 Å². The third-order valence-corrected chi connectivity index (χ3v) is 5.82. The largest absolute Gasteiger partial charge is 0.387 e. The van der Waals surface area contributed by atoms with E-state index in [1.807, 2.05) is 55.5 Å². The van der Waals surface area contributed by atoms with Crippen LogP contribution in [0, 0.1) is 11.8 Å². The topological polar surface area (TPSA) is 51.1 Å². The van der Waals surface area contributed by atoms with Crippen molar-refractivity contribution in [3.05, 3.63) is 101 Å². The number of amides is 1. The van der Waals surface area contributed by atoms with Crippen LogP contribution in [0.3, 0.4) is 0 Å². The zero-order valence-electron chi connectivity index (χ0n) is 18.5. The maximum absolute atomic E-state index is 13.6. The van der Waals surface area contributed by atoms with E-state index in [2.05, 4.69) is 41.3 Å². The Morgan fingerprint density at radius 2 is 1.73 bits per heavy atom. The molecule has 5 nitrogen and oxygen atoms in total. The lowest BCUT2D eigenvalue weighted by Crippen LogP contribution is -2.37. The van der Waals surface area contributed by atoms with E-state index in [9.17, 15) is 4.79 Å². The van der Waals surface area contributed by atoms with Gasteiger partial charge in [-0.1, -0.05) is 65.5 Å². The fraction of sp³-hybridized carbons (Fsp3) is 0.214. The molecule has 5 rings (SSSR count). The number of anilines is 1. The summed E-state index contributed by atoms with van der Waals surface area (Å²) in [6, 6.07) is 23.4. The van der Waals surface area contributed by atoms with Crippen molar-refractivity contribution in [2.75, 3.05) is 18.1 Å². The lowest BCUT2D eigenvalue weighted by molar-refractivity contribution is 0.0856. The predicted molar refractivity (Wildman–Crippen MR) is 128 cm³/mol. The number of nitrogens with zero attached hydrogens (tertiary/aromatic N) is 2. The predicted octanol–water partition coefficient (Wildman–Crippen LogP) is 5.10. The molecule has 2 heterocycles. The third kappa shape index (κ3) is 4.39. The molecule has 1 unspecified atom stereocenters. The van der Waals surface area contributed by atoms with Crippen LogP contribution in [0.5, 0.6) is 0 Å². The number of hydrogen-bond donors (Lipinski definition) is 0. The molecule has 0 saturated carbocycles. The molecule has 2 aliphatic heterocycles. The Balaban J connectivity index is 1.37. The molecule has 0 spiro atoms. The molecule has 3 aromatic carbocycles. The molecule has 164 valence electrons. The lowest BCUT2D eigenvalue weighted by atomic mass is 10.00. The maximum atomic E-state index is 13.6. The number of para-hydroxylation sites is 1. The fourth-order valence-corrected chi connectivity index (χ4v) is 4.07. The number of rotatable bonds is 6. The van der Waals surface area contributed by atoms with Crippen molar-refractivity contribution in [2.45, 2.75) is 26.1 Å². The van der Waals surface area contributed by atoms with E-state index >= 15 is 0 Å². The van der Waals surface area contributed by atoms with Gasteiger partial charge in [-0.25, -0.2) is 0 Å². The van der Waals surface area contributed by atoms with Crippen molar-refractivity contribution in [2.24, 2.45) is 5.16 Å². The second-order valence-electron chi connectivity index (χ2n) is 8.04. The summed E-state index contributed by atoms with van der Waals surface area (Å²) in [5.41, 5.74) is 5.95. The van der Waals surface area contributed by atoms with Crippen LogP contribution in [0.25, 0.3) is 0 Å². The number of carbonyl (C=O) groups is 1. The smallest absolute Gasteiger partial charge is 0.259 e. The third-order valence-electron chi connectivity index (χ3n) is 5.82. The summed E-state index contributed by atoms with van der Waals surface area (Å²) in [7, 11) is 0. The molecular weight excluding hydrogens is 412 g/mol. The normalized spacial score (nSPS) is 16.5. The summed E-state index contributed by atoms with van der Waals surface area (Å²) >= 11 is 0. The summed E-state index contributed by atoms with van der Waals surface area (Å²) in [4.78, 5) is 21.1. The van der Waals surface area contributed by atoms with Gasteiger partial charge >= 0.3 is 0 Å². The molecule has 3 aromatic rings. The Hall–Kier alpha value is -3.88. The van der Waals surface area contributed by atoms with E-state index in [0.717, 1.165) is 33.7 Å². The quantitative estimate of drug-likeness (QED) is 0.505. The molecule has 0 bridgehead atoms. The Labute approximate surface area is 193 Å². The van der Waals surface area contributed by atoms with Crippen molar-refractivity contribution in [3.63, 3.8) is 0 Å². The number of benzene rings is 3. The average Bonchev–Trinajstić information content (AvgIpc) is 3.33. The Morgan fingerprint density at radius 3 is 2.55 bits per heavy atom. The monoisotopic (exact) mass is 436 g/mol. The number of fused-ring (bicyclic) bond motifs is 2. The van der Waals surface area contributed by atoms with Crippen LogP contribution in [0.1, 0.15) is 52.1 Å². The van der Waals surface area contributed by atoms with Crippen LogP contribution in [0.4, 0.5) is 5.69 Å². The van der Waals surface area contributed by atoms with E-state index in [-0.39, 0.29) is 12.0 Å². The molecule has 0 N–H and O–H groups in total. The molecule has 0 fully saturated rings. The van der Waals surface area contributed by atoms with Crippen molar-refractivity contribution in [1.29, 1.82) is 0 Å². The fourth-order valence-electron chi connectivity index (χ4n) is 4.07. The average molecular weight is 437 g/mol. The van der Waals surface area contributed by atoms with E-state index < -0.39 is 0 Å². The Bertz CT molecular complexity index is 1270. The molecule has 0 aromatic heterocycles. The van der Waals surface area contributed by atoms with Crippen molar-refractivity contribution >= 4 is 17.3 Å². The number of carbonyl (C=O) groups excluding carboxylic acids is 1. The summed E-state index contributed by atoms with van der Waals surface area (Å²) in [5, 5.41) is 4.34. The van der Waals surface area contributed by atoms with Crippen LogP contribution in [-0.4, -0.2) is 24.8 Å². The SMILES string of the molecule is CCOCc1ccc(C2CC(CN3C(=O)c4ccccc4C#Cc4ccccc43)=NO2)cc1. The molecule has 0 saturated heterocycles. The first-order valence-corrected chi connectivity index (χ1v) is 11.1. The standard InChI is InChI=1S/C28H24N2O3/c1-2-32-19-20-11-13-23(14-12-20)27-17-24(29-33-27)18-30-26-10-6-4-8-22(26)16-15-21-7-3-5-9-25(21)28(30)31/h3-14,27H,2,17-19H2,1H3. The zero-order valence-corrected chi connectivity index (χ0v) is 18.5. The van der Waals surface area contributed by atoms with Crippen molar-refractivity contribution in [1.82, 2.24) is 0 Å². The van der Waals surface area contributed by atoms with Gasteiger partial charge in [-0.15, -0.1) is 0 Å². The first kappa shape index (κ1) is 21.0. The highest BCUT2D eigenvalue weighted by Gasteiger charge is 2.29. The van der Waals surface area contributed by atoms with Crippen molar-refractivity contribution < 1.29 is 14.4 Å². The Morgan fingerprint density at radius 1 is 1.00 bits per heavy atom. The van der Waals surface area contributed by atoms with Gasteiger partial charge in [0.2, 0.25) is 0 Å². The van der Waals surface area contributed by atoms with Crippen molar-refractivity contribution in [3.8, 4) is 11.8 Å². The summed E-state index contributed by atoms with van der Waals surface area (Å²) in [6.45, 7) is 3.63. The molecule has 1 amide bonds. The molecule has 0 aliphatic carbocycles. The number of ether oxygens (including phenoxy) is 1. The molecule has 1 atom stereocenters. The van der Waals surface area contributed by atoms with Gasteiger partial charge in [0.25, 0.3) is 5.91 Å². The van der Waals surface area contributed by atoms with Gasteiger partial charge in [0.1, 0.15) is 0 Å². The molecule has 5 heteroatoms. The van der Waals surface area contributed by atoms with Crippen LogP contribution in [-0.2, 0) is 16.2 Å². The van der Waals surface area contributed by atoms with Crippen LogP contribution in [0.2, 0.25) is 0 Å². The number of hydrogen-bond acceptors (Lipinski definition) is 4. The van der Waals surface area contributed by atoms with Crippen LogP contribution in [0.15, 0.2) is 78.0 Å². The van der Waals surface area contributed by atoms with Gasteiger partial charge in [-0.05, 0) is 42.3 Å². The van der Waals surface area contributed by atoms with E-state index in [1.165, 1.54) is 0 Å². The van der Waals surface area contributed by atoms with Crippen LogP contribution < -0.4 is 4.90 Å². The van der Waals surface area contributed by atoms with Gasteiger partial charge in [-0.2, -0.15) is 0 Å². The minimum Gasteiger partial charge on any atom is -0.387 e. The second-order valence-corrected chi connectivity index (χ2v) is 8.04. The lowest BCUT2D eigenvalue weighted by Gasteiger charge is -2.25. The Kier molecular flexibility index (Phi) is 5.93. The van der Waals surface area contributed by atoms with Gasteiger partial charge < -0.3 is 14.5 Å².